The Labute approximate surface area is 47.6 Å². The third kappa shape index (κ3) is 1.01. The highest BCUT2D eigenvalue weighted by atomic mass is 14.9. The quantitative estimate of drug-likeness (QED) is 0.497. The molecule has 1 radical (unpaired) electrons. The van der Waals surface area contributed by atoms with Crippen LogP contribution in [0.3, 0.4) is 0 Å². The van der Waals surface area contributed by atoms with Gasteiger partial charge >= 0.3 is 0 Å². The van der Waals surface area contributed by atoms with E-state index in [1.165, 1.54) is 0 Å². The summed E-state index contributed by atoms with van der Waals surface area (Å²) >= 11 is 0. The van der Waals surface area contributed by atoms with Crippen LogP contribution in [0, 0.1) is 0 Å². The van der Waals surface area contributed by atoms with E-state index in [1.807, 2.05) is 0 Å². The van der Waals surface area contributed by atoms with E-state index >= 15 is 0 Å². The highest BCUT2D eigenvalue weighted by Gasteiger charge is 1.90. The standard InChI is InChI=1S/C5H6N3/c6-2-1-5-3-7-4-8-5/h1,3H,2,6H2. The first-order chi connectivity index (χ1) is 3.93. The molecule has 8 heavy (non-hydrogen) atoms. The molecule has 0 aromatic carbocycles. The first-order valence-electron chi connectivity index (χ1n) is 2.32. The molecule has 3 heteroatoms. The maximum absolute atomic E-state index is 5.18. The molecular formula is C5H6N3. The number of nitrogens with two attached hydrogens (primary N) is 1. The Bertz CT molecular complexity index is 141. The van der Waals surface area contributed by atoms with Crippen LogP contribution in [0.4, 0.5) is 0 Å². The van der Waals surface area contributed by atoms with E-state index in [-0.39, 0.29) is 0 Å². The van der Waals surface area contributed by atoms with Crippen molar-refractivity contribution in [1.82, 2.24) is 0 Å². The van der Waals surface area contributed by atoms with Crippen LogP contribution in [0.1, 0.15) is 0 Å². The van der Waals surface area contributed by atoms with E-state index in [1.54, 1.807) is 12.3 Å². The fourth-order valence-electron chi connectivity index (χ4n) is 0.430. The minimum absolute atomic E-state index is 0.506. The van der Waals surface area contributed by atoms with Gasteiger partial charge in [0, 0.05) is 6.54 Å². The molecule has 0 bridgehead atoms. The highest BCUT2D eigenvalue weighted by molar-refractivity contribution is 5.91. The number of allylic oxidation sites excluding steroid dienone is 1. The average Bonchev–Trinajstić information content (AvgIpc) is 2.19. The van der Waals surface area contributed by atoms with Crippen molar-refractivity contribution in [2.24, 2.45) is 15.7 Å². The van der Waals surface area contributed by atoms with E-state index in [0.717, 1.165) is 5.70 Å². The van der Waals surface area contributed by atoms with Crippen molar-refractivity contribution in [2.75, 3.05) is 6.54 Å². The molecular weight excluding hydrogens is 102 g/mol. The Balaban J connectivity index is 2.60. The van der Waals surface area contributed by atoms with Gasteiger partial charge in [-0.05, 0) is 6.08 Å². The van der Waals surface area contributed by atoms with Crippen LogP contribution in [-0.2, 0) is 0 Å². The molecule has 1 rings (SSSR count). The highest BCUT2D eigenvalue weighted by Crippen LogP contribution is 1.94. The lowest BCUT2D eigenvalue weighted by atomic mass is 10.4. The molecule has 0 unspecified atom stereocenters. The molecule has 0 saturated carbocycles. The molecule has 0 atom stereocenters. The molecule has 1 aliphatic rings. The van der Waals surface area contributed by atoms with Gasteiger partial charge in [0.05, 0.1) is 11.9 Å². The predicted molar refractivity (Wildman–Crippen MR) is 33.1 cm³/mol. The predicted octanol–water partition coefficient (Wildman–Crippen LogP) is -0.181. The van der Waals surface area contributed by atoms with E-state index in [9.17, 15) is 0 Å². The van der Waals surface area contributed by atoms with Gasteiger partial charge in [0.1, 0.15) is 0 Å². The van der Waals surface area contributed by atoms with Crippen molar-refractivity contribution in [1.29, 1.82) is 0 Å². The summed E-state index contributed by atoms with van der Waals surface area (Å²) < 4.78 is 0. The fourth-order valence-corrected chi connectivity index (χ4v) is 0.430. The van der Waals surface area contributed by atoms with Crippen LogP contribution >= 0.6 is 0 Å². The minimum atomic E-state index is 0.506. The Morgan fingerprint density at radius 3 is 3.25 bits per heavy atom. The normalized spacial score (nSPS) is 20.9. The molecule has 1 heterocycles. The Morgan fingerprint density at radius 1 is 1.88 bits per heavy atom. The molecule has 41 valence electrons. The van der Waals surface area contributed by atoms with Crippen LogP contribution in [0.15, 0.2) is 21.8 Å². The van der Waals surface area contributed by atoms with Crippen LogP contribution in [-0.4, -0.2) is 19.1 Å². The number of rotatable bonds is 1. The van der Waals surface area contributed by atoms with Gasteiger partial charge in [0.15, 0.2) is 6.34 Å². The maximum Gasteiger partial charge on any atom is 0.198 e. The first-order valence-corrected chi connectivity index (χ1v) is 2.32. The van der Waals surface area contributed by atoms with Crippen LogP contribution in [0.5, 0.6) is 0 Å². The molecule has 3 nitrogen and oxygen atoms in total. The summed E-state index contributed by atoms with van der Waals surface area (Å²) in [5.74, 6) is 0. The topological polar surface area (TPSA) is 50.7 Å². The smallest absolute Gasteiger partial charge is 0.198 e. The summed E-state index contributed by atoms with van der Waals surface area (Å²) in [7, 11) is 0. The van der Waals surface area contributed by atoms with Crippen LogP contribution < -0.4 is 5.73 Å². The largest absolute Gasteiger partial charge is 0.327 e. The van der Waals surface area contributed by atoms with Crippen molar-refractivity contribution < 1.29 is 0 Å². The summed E-state index contributed by atoms with van der Waals surface area (Å²) in [5, 5.41) is 0. The van der Waals surface area contributed by atoms with E-state index in [4.69, 9.17) is 5.73 Å². The van der Waals surface area contributed by atoms with Gasteiger partial charge in [-0.15, -0.1) is 0 Å². The summed E-state index contributed by atoms with van der Waals surface area (Å²) in [5.41, 5.74) is 5.98. The lowest BCUT2D eigenvalue weighted by molar-refractivity contribution is 1.23. The number of hydrogen-bond acceptors (Lipinski definition) is 3. The van der Waals surface area contributed by atoms with Gasteiger partial charge in [-0.25, -0.2) is 9.98 Å². The molecule has 1 aliphatic heterocycles. The van der Waals surface area contributed by atoms with Crippen molar-refractivity contribution in [3.8, 4) is 0 Å². The number of nitrogens with zero attached hydrogens (tertiary/aromatic N) is 2. The zero-order valence-electron chi connectivity index (χ0n) is 4.33. The van der Waals surface area contributed by atoms with E-state index < -0.39 is 0 Å². The maximum atomic E-state index is 5.18. The molecule has 0 amide bonds. The summed E-state index contributed by atoms with van der Waals surface area (Å²) in [6.45, 7) is 0.506. The molecule has 0 aromatic rings. The summed E-state index contributed by atoms with van der Waals surface area (Å²) in [4.78, 5) is 7.35. The van der Waals surface area contributed by atoms with Crippen molar-refractivity contribution in [2.45, 2.75) is 0 Å². The SMILES string of the molecule is NCC=C1C=N[C]=N1. The van der Waals surface area contributed by atoms with Gasteiger partial charge in [0.25, 0.3) is 0 Å². The monoisotopic (exact) mass is 108 g/mol. The lowest BCUT2D eigenvalue weighted by Crippen LogP contribution is -1.94. The number of aliphatic imine (C=N–C) groups is 2. The first kappa shape index (κ1) is 5.18. The van der Waals surface area contributed by atoms with Crippen LogP contribution in [0.25, 0.3) is 0 Å². The average molecular weight is 108 g/mol. The zero-order valence-corrected chi connectivity index (χ0v) is 4.33. The Kier molecular flexibility index (Phi) is 1.54. The van der Waals surface area contributed by atoms with Crippen molar-refractivity contribution >= 4 is 12.6 Å². The van der Waals surface area contributed by atoms with Gasteiger partial charge in [-0.1, -0.05) is 0 Å². The van der Waals surface area contributed by atoms with E-state index in [2.05, 4.69) is 16.3 Å². The third-order valence-electron chi connectivity index (χ3n) is 0.761. The molecule has 2 N–H and O–H groups in total. The van der Waals surface area contributed by atoms with Gasteiger partial charge < -0.3 is 5.73 Å². The fraction of sp³-hybridized carbons (Fsp3) is 0.200. The van der Waals surface area contributed by atoms with Crippen LogP contribution in [0.2, 0.25) is 0 Å². The summed E-state index contributed by atoms with van der Waals surface area (Å²) in [6.07, 6.45) is 5.83. The van der Waals surface area contributed by atoms with Gasteiger partial charge in [-0.2, -0.15) is 0 Å². The second-order valence-electron chi connectivity index (χ2n) is 1.33. The second-order valence-corrected chi connectivity index (χ2v) is 1.33. The molecule has 0 spiro atoms. The third-order valence-corrected chi connectivity index (χ3v) is 0.761. The molecule has 0 aliphatic carbocycles. The minimum Gasteiger partial charge on any atom is -0.327 e. The zero-order chi connectivity index (χ0) is 5.82. The van der Waals surface area contributed by atoms with Gasteiger partial charge in [0.2, 0.25) is 0 Å². The Morgan fingerprint density at radius 2 is 2.75 bits per heavy atom. The van der Waals surface area contributed by atoms with Crippen molar-refractivity contribution in [3.05, 3.63) is 11.8 Å². The van der Waals surface area contributed by atoms with Gasteiger partial charge in [-0.3, -0.25) is 0 Å². The number of hydrogen-bond donors (Lipinski definition) is 1. The lowest BCUT2D eigenvalue weighted by Gasteiger charge is -1.80. The second kappa shape index (κ2) is 2.37. The molecule has 0 aromatic heterocycles. The Hall–Kier alpha value is -0.960. The molecule has 0 fully saturated rings. The van der Waals surface area contributed by atoms with Crippen molar-refractivity contribution in [3.63, 3.8) is 0 Å². The molecule has 0 saturated heterocycles. The van der Waals surface area contributed by atoms with E-state index in [0.29, 0.717) is 6.54 Å². The summed E-state index contributed by atoms with van der Waals surface area (Å²) in [6, 6.07) is 0.